The van der Waals surface area contributed by atoms with E-state index in [-0.39, 0.29) is 6.42 Å². The normalized spacial score (nSPS) is 15.0. The zero-order valence-corrected chi connectivity index (χ0v) is 16.7. The molecule has 1 unspecified atom stereocenters. The van der Waals surface area contributed by atoms with Crippen molar-refractivity contribution in [3.05, 3.63) is 62.9 Å². The minimum Gasteiger partial charge on any atom is -0.489 e. The molecule has 5 nitrogen and oxygen atoms in total. The molecule has 1 atom stereocenters. The summed E-state index contributed by atoms with van der Waals surface area (Å²) in [4.78, 5) is 11.0. The number of carboxylic acids is 1. The second-order valence-corrected chi connectivity index (χ2v) is 8.06. The molecule has 1 aliphatic rings. The molecule has 0 bridgehead atoms. The largest absolute Gasteiger partial charge is 0.489 e. The fourth-order valence-electron chi connectivity index (χ4n) is 3.18. The quantitative estimate of drug-likeness (QED) is 0.482. The maximum Gasteiger partial charge on any atom is 0.307 e. The average Bonchev–Trinajstić information content (AvgIpc) is 3.39. The number of aliphatic hydroxyl groups is 1. The Balaban J connectivity index is 1.55. The fourth-order valence-corrected chi connectivity index (χ4v) is 4.00. The van der Waals surface area contributed by atoms with Crippen molar-refractivity contribution in [2.45, 2.75) is 32.0 Å². The standard InChI is InChI=1S/C21H19IO5/c22-16-8-12(11-26-17-4-2-1-3-14(17)10-19(23)24)7-15-9-18(27-21(15)16)20(25)13-5-6-13/h1-4,7-9,13,20,25H,5-6,10-11H2,(H,23,24). The van der Waals surface area contributed by atoms with Crippen LogP contribution >= 0.6 is 22.6 Å². The van der Waals surface area contributed by atoms with Crippen molar-refractivity contribution < 1.29 is 24.2 Å². The van der Waals surface area contributed by atoms with E-state index in [1.165, 1.54) is 0 Å². The van der Waals surface area contributed by atoms with Gasteiger partial charge >= 0.3 is 5.97 Å². The van der Waals surface area contributed by atoms with E-state index in [9.17, 15) is 9.90 Å². The number of halogens is 1. The van der Waals surface area contributed by atoms with E-state index in [1.807, 2.05) is 24.3 Å². The van der Waals surface area contributed by atoms with Crippen LogP contribution in [-0.2, 0) is 17.8 Å². The first-order valence-corrected chi connectivity index (χ1v) is 9.91. The monoisotopic (exact) mass is 478 g/mol. The number of aliphatic hydroxyl groups excluding tert-OH is 1. The number of carbonyl (C=O) groups is 1. The highest BCUT2D eigenvalue weighted by molar-refractivity contribution is 14.1. The molecular formula is C21H19IO5. The Hall–Kier alpha value is -2.06. The summed E-state index contributed by atoms with van der Waals surface area (Å²) in [5.41, 5.74) is 2.39. The third-order valence-electron chi connectivity index (χ3n) is 4.72. The molecule has 2 aromatic carbocycles. The Bertz CT molecular complexity index is 989. The Kier molecular flexibility index (Phi) is 5.10. The molecule has 1 heterocycles. The van der Waals surface area contributed by atoms with Crippen molar-refractivity contribution in [3.63, 3.8) is 0 Å². The zero-order valence-electron chi connectivity index (χ0n) is 14.5. The first-order chi connectivity index (χ1) is 13.0. The van der Waals surface area contributed by atoms with Gasteiger partial charge in [0.1, 0.15) is 29.8 Å². The summed E-state index contributed by atoms with van der Waals surface area (Å²) in [6, 6.07) is 13.1. The molecule has 3 aromatic rings. The summed E-state index contributed by atoms with van der Waals surface area (Å²) in [7, 11) is 0. The Morgan fingerprint density at radius 2 is 2.04 bits per heavy atom. The summed E-state index contributed by atoms with van der Waals surface area (Å²) in [5, 5.41) is 20.3. The molecule has 0 saturated heterocycles. The summed E-state index contributed by atoms with van der Waals surface area (Å²) >= 11 is 2.22. The van der Waals surface area contributed by atoms with Crippen molar-refractivity contribution in [3.8, 4) is 5.75 Å². The van der Waals surface area contributed by atoms with Crippen LogP contribution in [0.4, 0.5) is 0 Å². The lowest BCUT2D eigenvalue weighted by atomic mass is 10.1. The Morgan fingerprint density at radius 3 is 2.78 bits per heavy atom. The second-order valence-electron chi connectivity index (χ2n) is 6.89. The molecule has 1 fully saturated rings. The maximum atomic E-state index is 11.0. The van der Waals surface area contributed by atoms with Crippen molar-refractivity contribution in [1.29, 1.82) is 0 Å². The predicted molar refractivity (Wildman–Crippen MR) is 109 cm³/mol. The third-order valence-corrected chi connectivity index (χ3v) is 5.52. The van der Waals surface area contributed by atoms with Gasteiger partial charge in [-0.25, -0.2) is 0 Å². The lowest BCUT2D eigenvalue weighted by molar-refractivity contribution is -0.136. The van der Waals surface area contributed by atoms with Crippen LogP contribution in [0.2, 0.25) is 0 Å². The smallest absolute Gasteiger partial charge is 0.307 e. The van der Waals surface area contributed by atoms with Crippen LogP contribution in [0.25, 0.3) is 11.0 Å². The molecule has 0 radical (unpaired) electrons. The summed E-state index contributed by atoms with van der Waals surface area (Å²) in [6.45, 7) is 0.328. The predicted octanol–water partition coefficient (Wildman–Crippen LogP) is 4.69. The lowest BCUT2D eigenvalue weighted by Gasteiger charge is -2.10. The molecule has 0 amide bonds. The van der Waals surface area contributed by atoms with Gasteiger partial charge in [0.05, 0.1) is 9.99 Å². The topological polar surface area (TPSA) is 79.9 Å². The van der Waals surface area contributed by atoms with Gasteiger partial charge in [-0.05, 0) is 71.2 Å². The number of ether oxygens (including phenoxy) is 1. The van der Waals surface area contributed by atoms with E-state index >= 15 is 0 Å². The van der Waals surface area contributed by atoms with E-state index < -0.39 is 12.1 Å². The van der Waals surface area contributed by atoms with Crippen LogP contribution in [0.5, 0.6) is 5.75 Å². The first kappa shape index (κ1) is 18.3. The second kappa shape index (κ2) is 7.52. The van der Waals surface area contributed by atoms with Gasteiger partial charge < -0.3 is 19.4 Å². The van der Waals surface area contributed by atoms with Crippen LogP contribution in [0.3, 0.4) is 0 Å². The van der Waals surface area contributed by atoms with E-state index in [4.69, 9.17) is 14.3 Å². The number of hydrogen-bond acceptors (Lipinski definition) is 4. The van der Waals surface area contributed by atoms with Crippen LogP contribution < -0.4 is 4.74 Å². The van der Waals surface area contributed by atoms with Crippen molar-refractivity contribution in [1.82, 2.24) is 0 Å². The van der Waals surface area contributed by atoms with Gasteiger partial charge in [0.15, 0.2) is 0 Å². The van der Waals surface area contributed by atoms with Crippen LogP contribution in [0.15, 0.2) is 46.9 Å². The van der Waals surface area contributed by atoms with Crippen LogP contribution in [0, 0.1) is 9.49 Å². The molecule has 1 aliphatic carbocycles. The number of hydrogen-bond donors (Lipinski definition) is 2. The number of aliphatic carboxylic acids is 1. The number of fused-ring (bicyclic) bond motifs is 1. The molecular weight excluding hydrogens is 459 g/mol. The van der Waals surface area contributed by atoms with Crippen molar-refractivity contribution in [2.24, 2.45) is 5.92 Å². The van der Waals surface area contributed by atoms with Gasteiger partial charge in [-0.3, -0.25) is 4.79 Å². The molecule has 0 spiro atoms. The van der Waals surface area contributed by atoms with Gasteiger partial charge in [0.2, 0.25) is 0 Å². The lowest BCUT2D eigenvalue weighted by Crippen LogP contribution is -2.04. The number of rotatable bonds is 7. The van der Waals surface area contributed by atoms with Crippen molar-refractivity contribution in [2.75, 3.05) is 0 Å². The minimum absolute atomic E-state index is 0.0725. The molecule has 140 valence electrons. The van der Waals surface area contributed by atoms with Gasteiger partial charge in [-0.15, -0.1) is 0 Å². The first-order valence-electron chi connectivity index (χ1n) is 8.83. The van der Waals surface area contributed by atoms with Gasteiger partial charge in [-0.2, -0.15) is 0 Å². The number of furan rings is 1. The van der Waals surface area contributed by atoms with Crippen molar-refractivity contribution >= 4 is 39.5 Å². The molecule has 27 heavy (non-hydrogen) atoms. The van der Waals surface area contributed by atoms with Crippen LogP contribution in [-0.4, -0.2) is 16.2 Å². The van der Waals surface area contributed by atoms with Gasteiger partial charge in [-0.1, -0.05) is 18.2 Å². The van der Waals surface area contributed by atoms with E-state index in [2.05, 4.69) is 22.6 Å². The Labute approximate surface area is 170 Å². The average molecular weight is 478 g/mol. The highest BCUT2D eigenvalue weighted by atomic mass is 127. The highest BCUT2D eigenvalue weighted by Gasteiger charge is 2.33. The van der Waals surface area contributed by atoms with E-state index in [0.717, 1.165) is 32.9 Å². The summed E-state index contributed by atoms with van der Waals surface area (Å²) in [5.74, 6) is 0.626. The van der Waals surface area contributed by atoms with E-state index in [0.29, 0.717) is 29.6 Å². The third kappa shape index (κ3) is 4.11. The van der Waals surface area contributed by atoms with E-state index in [1.54, 1.807) is 18.2 Å². The highest BCUT2D eigenvalue weighted by Crippen LogP contribution is 2.42. The van der Waals surface area contributed by atoms with Crippen LogP contribution in [0.1, 0.15) is 35.8 Å². The molecule has 2 N–H and O–H groups in total. The summed E-state index contributed by atoms with van der Waals surface area (Å²) in [6.07, 6.45) is 1.49. The van der Waals surface area contributed by atoms with Gasteiger partial charge in [0, 0.05) is 10.9 Å². The minimum atomic E-state index is -0.887. The molecule has 1 aromatic heterocycles. The van der Waals surface area contributed by atoms with Gasteiger partial charge in [0.25, 0.3) is 0 Å². The molecule has 4 rings (SSSR count). The maximum absolute atomic E-state index is 11.0. The number of carboxylic acid groups (broad SMARTS) is 1. The SMILES string of the molecule is O=C(O)Cc1ccccc1OCc1cc(I)c2oc(C(O)C3CC3)cc2c1. The molecule has 6 heteroatoms. The number of para-hydroxylation sites is 1. The fraction of sp³-hybridized carbons (Fsp3) is 0.286. The number of benzene rings is 2. The zero-order chi connectivity index (χ0) is 19.0. The Morgan fingerprint density at radius 1 is 1.26 bits per heavy atom. The molecule has 1 saturated carbocycles. The molecule has 0 aliphatic heterocycles. The summed E-state index contributed by atoms with van der Waals surface area (Å²) < 4.78 is 12.7.